The molecule has 0 saturated heterocycles. The molecule has 25 heavy (non-hydrogen) atoms. The maximum atomic E-state index is 12.4. The van der Waals surface area contributed by atoms with Gasteiger partial charge in [0.25, 0.3) is 0 Å². The zero-order chi connectivity index (χ0) is 17.6. The summed E-state index contributed by atoms with van der Waals surface area (Å²) in [4.78, 5) is 12.4. The van der Waals surface area contributed by atoms with Gasteiger partial charge in [-0.3, -0.25) is 4.79 Å². The van der Waals surface area contributed by atoms with Crippen molar-refractivity contribution in [2.24, 2.45) is 0 Å². The van der Waals surface area contributed by atoms with Gasteiger partial charge in [0.2, 0.25) is 5.91 Å². The van der Waals surface area contributed by atoms with E-state index in [4.69, 9.17) is 4.74 Å². The minimum Gasteiger partial charge on any atom is -0.494 e. The van der Waals surface area contributed by atoms with Crippen molar-refractivity contribution in [3.63, 3.8) is 0 Å². The van der Waals surface area contributed by atoms with Crippen molar-refractivity contribution in [1.29, 1.82) is 0 Å². The van der Waals surface area contributed by atoms with Gasteiger partial charge in [-0.1, -0.05) is 54.6 Å². The Morgan fingerprint density at radius 1 is 1.00 bits per heavy atom. The molecule has 3 aromatic carbocycles. The lowest BCUT2D eigenvalue weighted by Crippen LogP contribution is -2.28. The van der Waals surface area contributed by atoms with Crippen molar-refractivity contribution < 1.29 is 9.53 Å². The fourth-order valence-electron chi connectivity index (χ4n) is 3.05. The fraction of sp³-hybridized carbons (Fsp3) is 0.227. The van der Waals surface area contributed by atoms with E-state index in [0.717, 1.165) is 16.9 Å². The second kappa shape index (κ2) is 7.84. The van der Waals surface area contributed by atoms with Gasteiger partial charge in [0.1, 0.15) is 5.75 Å². The third-order valence-corrected chi connectivity index (χ3v) is 4.27. The monoisotopic (exact) mass is 333 g/mol. The quantitative estimate of drug-likeness (QED) is 0.712. The van der Waals surface area contributed by atoms with E-state index in [1.54, 1.807) is 0 Å². The first-order valence-corrected chi connectivity index (χ1v) is 8.66. The summed E-state index contributed by atoms with van der Waals surface area (Å²) in [7, 11) is 0. The van der Waals surface area contributed by atoms with Gasteiger partial charge in [-0.15, -0.1) is 0 Å². The molecule has 0 aliphatic rings. The number of ether oxygens (including phenoxy) is 1. The van der Waals surface area contributed by atoms with Crippen molar-refractivity contribution in [1.82, 2.24) is 5.32 Å². The molecule has 0 fully saturated rings. The molecule has 1 N–H and O–H groups in total. The van der Waals surface area contributed by atoms with Crippen LogP contribution in [0, 0.1) is 0 Å². The van der Waals surface area contributed by atoms with Gasteiger partial charge in [0.05, 0.1) is 19.1 Å². The number of hydrogen-bond acceptors (Lipinski definition) is 2. The molecule has 3 rings (SSSR count). The molecule has 1 atom stereocenters. The summed E-state index contributed by atoms with van der Waals surface area (Å²) >= 11 is 0. The Balaban J connectivity index is 1.67. The summed E-state index contributed by atoms with van der Waals surface area (Å²) < 4.78 is 5.43. The van der Waals surface area contributed by atoms with Gasteiger partial charge in [0.15, 0.2) is 0 Å². The molecule has 0 saturated carbocycles. The highest BCUT2D eigenvalue weighted by atomic mass is 16.5. The summed E-state index contributed by atoms with van der Waals surface area (Å²) in [5.74, 6) is 0.848. The Hall–Kier alpha value is -2.81. The molecular formula is C22H23NO2. The van der Waals surface area contributed by atoms with Crippen molar-refractivity contribution in [2.75, 3.05) is 6.61 Å². The first-order valence-electron chi connectivity index (χ1n) is 8.66. The molecule has 0 heterocycles. The maximum Gasteiger partial charge on any atom is 0.224 e. The Kier molecular flexibility index (Phi) is 5.34. The number of hydrogen-bond donors (Lipinski definition) is 1. The fourth-order valence-corrected chi connectivity index (χ4v) is 3.05. The predicted molar refractivity (Wildman–Crippen MR) is 102 cm³/mol. The van der Waals surface area contributed by atoms with Gasteiger partial charge in [-0.05, 0) is 47.9 Å². The number of amides is 1. The smallest absolute Gasteiger partial charge is 0.224 e. The molecular weight excluding hydrogens is 310 g/mol. The zero-order valence-corrected chi connectivity index (χ0v) is 14.7. The van der Waals surface area contributed by atoms with Gasteiger partial charge in [-0.2, -0.15) is 0 Å². The second-order valence-electron chi connectivity index (χ2n) is 6.11. The Morgan fingerprint density at radius 3 is 2.48 bits per heavy atom. The van der Waals surface area contributed by atoms with Crippen molar-refractivity contribution in [3.05, 3.63) is 77.9 Å². The Labute approximate surface area is 148 Å². The van der Waals surface area contributed by atoms with Crippen LogP contribution >= 0.6 is 0 Å². The molecule has 0 aromatic heterocycles. The van der Waals surface area contributed by atoms with Crippen molar-refractivity contribution >= 4 is 16.7 Å². The van der Waals surface area contributed by atoms with Crippen LogP contribution < -0.4 is 10.1 Å². The molecule has 3 nitrogen and oxygen atoms in total. The Bertz CT molecular complexity index is 850. The zero-order valence-electron chi connectivity index (χ0n) is 14.7. The third-order valence-electron chi connectivity index (χ3n) is 4.27. The molecule has 0 bridgehead atoms. The summed E-state index contributed by atoms with van der Waals surface area (Å²) in [6.07, 6.45) is 0.363. The first kappa shape index (κ1) is 17.0. The molecule has 1 amide bonds. The van der Waals surface area contributed by atoms with E-state index in [1.165, 1.54) is 10.8 Å². The molecule has 0 radical (unpaired) electrons. The average molecular weight is 333 g/mol. The largest absolute Gasteiger partial charge is 0.494 e. The van der Waals surface area contributed by atoms with Crippen molar-refractivity contribution in [3.8, 4) is 5.75 Å². The highest BCUT2D eigenvalue weighted by molar-refractivity contribution is 5.87. The predicted octanol–water partition coefficient (Wildman–Crippen LogP) is 4.66. The number of nitrogens with one attached hydrogen (secondary N) is 1. The summed E-state index contributed by atoms with van der Waals surface area (Å²) in [5, 5.41) is 5.47. The van der Waals surface area contributed by atoms with Crippen molar-refractivity contribution in [2.45, 2.75) is 26.3 Å². The minimum absolute atomic E-state index is 0.0181. The molecule has 3 aromatic rings. The highest BCUT2D eigenvalue weighted by Crippen LogP contribution is 2.24. The normalized spacial score (nSPS) is 11.9. The first-order chi connectivity index (χ1) is 12.2. The summed E-state index contributed by atoms with van der Waals surface area (Å²) in [5.41, 5.74) is 2.12. The van der Waals surface area contributed by atoms with Crippen LogP contribution in [0.25, 0.3) is 10.8 Å². The lowest BCUT2D eigenvalue weighted by Gasteiger charge is -2.17. The second-order valence-corrected chi connectivity index (χ2v) is 6.11. The number of benzene rings is 3. The number of fused-ring (bicyclic) bond motifs is 1. The van der Waals surface area contributed by atoms with Gasteiger partial charge < -0.3 is 10.1 Å². The lowest BCUT2D eigenvalue weighted by molar-refractivity contribution is -0.121. The van der Waals surface area contributed by atoms with E-state index in [9.17, 15) is 4.79 Å². The van der Waals surface area contributed by atoms with E-state index >= 15 is 0 Å². The van der Waals surface area contributed by atoms with Crippen LogP contribution in [0.15, 0.2) is 66.7 Å². The van der Waals surface area contributed by atoms with Crippen LogP contribution in [-0.4, -0.2) is 12.5 Å². The summed E-state index contributed by atoms with van der Waals surface area (Å²) in [6, 6.07) is 22.1. The molecule has 1 unspecified atom stereocenters. The summed E-state index contributed by atoms with van der Waals surface area (Å²) in [6.45, 7) is 4.62. The van der Waals surface area contributed by atoms with Crippen LogP contribution in [0.2, 0.25) is 0 Å². The maximum absolute atomic E-state index is 12.4. The number of carbonyl (C=O) groups excluding carboxylic acids is 1. The molecule has 0 spiro atoms. The van der Waals surface area contributed by atoms with Gasteiger partial charge in [0, 0.05) is 0 Å². The standard InChI is InChI=1S/C22H23NO2/c1-3-25-19-13-11-17(12-14-19)15-22(24)23-16(2)20-10-6-8-18-7-4-5-9-21(18)20/h4-14,16H,3,15H2,1-2H3,(H,23,24). The van der Waals surface area contributed by atoms with Crippen LogP contribution in [-0.2, 0) is 11.2 Å². The van der Waals surface area contributed by atoms with Crippen LogP contribution in [0.1, 0.15) is 31.0 Å². The lowest BCUT2D eigenvalue weighted by atomic mass is 9.99. The minimum atomic E-state index is -0.0405. The molecule has 128 valence electrons. The van der Waals surface area contributed by atoms with E-state index in [0.29, 0.717) is 13.0 Å². The van der Waals surface area contributed by atoms with Gasteiger partial charge in [-0.25, -0.2) is 0 Å². The van der Waals surface area contributed by atoms with Gasteiger partial charge >= 0.3 is 0 Å². The van der Waals surface area contributed by atoms with Crippen LogP contribution in [0.5, 0.6) is 5.75 Å². The third kappa shape index (κ3) is 4.18. The SMILES string of the molecule is CCOc1ccc(CC(=O)NC(C)c2cccc3ccccc23)cc1. The topological polar surface area (TPSA) is 38.3 Å². The van der Waals surface area contributed by atoms with Crippen LogP contribution in [0.4, 0.5) is 0 Å². The van der Waals surface area contributed by atoms with Crippen LogP contribution in [0.3, 0.4) is 0 Å². The van der Waals surface area contributed by atoms with E-state index < -0.39 is 0 Å². The highest BCUT2D eigenvalue weighted by Gasteiger charge is 2.12. The number of rotatable bonds is 6. The van der Waals surface area contributed by atoms with E-state index in [2.05, 4.69) is 29.6 Å². The van der Waals surface area contributed by atoms with E-state index in [-0.39, 0.29) is 11.9 Å². The molecule has 3 heteroatoms. The molecule has 0 aliphatic carbocycles. The molecule has 0 aliphatic heterocycles. The number of carbonyl (C=O) groups is 1. The average Bonchev–Trinajstić information content (AvgIpc) is 2.63. The Morgan fingerprint density at radius 2 is 1.72 bits per heavy atom. The van der Waals surface area contributed by atoms with E-state index in [1.807, 2.05) is 56.3 Å².